The summed E-state index contributed by atoms with van der Waals surface area (Å²) in [5, 5.41) is 15.8. The second-order valence-corrected chi connectivity index (χ2v) is 6.69. The van der Waals surface area contributed by atoms with Crippen LogP contribution in [0.15, 0.2) is 17.0 Å². The van der Waals surface area contributed by atoms with Crippen LogP contribution < -0.4 is 4.72 Å². The minimum atomic E-state index is -3.49. The Balaban J connectivity index is 2.62. The zero-order chi connectivity index (χ0) is 12.9. The van der Waals surface area contributed by atoms with E-state index < -0.39 is 16.0 Å². The lowest BCUT2D eigenvalue weighted by atomic mass is 10.8. The minimum absolute atomic E-state index is 0.111. The lowest BCUT2D eigenvalue weighted by Crippen LogP contribution is -2.14. The molecule has 17 heavy (non-hydrogen) atoms. The SMILES string of the molecule is C=CCS(=O)(=O)Nc1nnc(SCC(=O)O)s1. The summed E-state index contributed by atoms with van der Waals surface area (Å²) in [7, 11) is -3.49. The molecule has 0 unspecified atom stereocenters. The Morgan fingerprint density at radius 3 is 2.88 bits per heavy atom. The molecule has 0 aliphatic heterocycles. The fourth-order valence-electron chi connectivity index (χ4n) is 0.763. The number of anilines is 1. The second-order valence-electron chi connectivity index (χ2n) is 2.73. The Bertz CT molecular complexity index is 510. The van der Waals surface area contributed by atoms with E-state index in [-0.39, 0.29) is 16.6 Å². The molecule has 7 nitrogen and oxygen atoms in total. The van der Waals surface area contributed by atoms with Crippen LogP contribution in [0.25, 0.3) is 0 Å². The number of aliphatic carboxylic acids is 1. The summed E-state index contributed by atoms with van der Waals surface area (Å²) in [6.07, 6.45) is 1.25. The van der Waals surface area contributed by atoms with Gasteiger partial charge in [0, 0.05) is 0 Å². The van der Waals surface area contributed by atoms with Gasteiger partial charge >= 0.3 is 5.97 Å². The molecule has 0 saturated carbocycles. The molecule has 0 aliphatic rings. The van der Waals surface area contributed by atoms with Crippen LogP contribution in [0.3, 0.4) is 0 Å². The molecule has 94 valence electrons. The molecular weight excluding hydrogens is 286 g/mol. The molecule has 0 fully saturated rings. The van der Waals surface area contributed by atoms with E-state index in [4.69, 9.17) is 5.11 Å². The van der Waals surface area contributed by atoms with Crippen molar-refractivity contribution in [2.45, 2.75) is 4.34 Å². The number of nitrogens with zero attached hydrogens (tertiary/aromatic N) is 2. The molecule has 0 saturated heterocycles. The molecule has 1 heterocycles. The molecule has 0 bridgehead atoms. The van der Waals surface area contributed by atoms with Gasteiger partial charge in [0.25, 0.3) is 0 Å². The fraction of sp³-hybridized carbons (Fsp3) is 0.286. The molecule has 0 radical (unpaired) electrons. The van der Waals surface area contributed by atoms with Crippen molar-refractivity contribution in [2.24, 2.45) is 0 Å². The fourth-order valence-corrected chi connectivity index (χ4v) is 3.33. The van der Waals surface area contributed by atoms with Crippen LogP contribution in [0.1, 0.15) is 0 Å². The van der Waals surface area contributed by atoms with Crippen molar-refractivity contribution < 1.29 is 18.3 Å². The molecular formula is C7H9N3O4S3. The molecule has 2 N–H and O–H groups in total. The molecule has 10 heteroatoms. The number of hydrogen-bond acceptors (Lipinski definition) is 7. The number of sulfonamides is 1. The first-order valence-corrected chi connectivity index (χ1v) is 7.68. The predicted octanol–water partition coefficient (Wildman–Crippen LogP) is 0.642. The molecule has 0 aromatic carbocycles. The predicted molar refractivity (Wildman–Crippen MR) is 65.9 cm³/mol. The summed E-state index contributed by atoms with van der Waals surface area (Å²) >= 11 is 1.96. The standard InChI is InChI=1S/C7H9N3O4S3/c1-2-3-17(13,14)10-6-8-9-7(16-6)15-4-5(11)12/h2H,1,3-4H2,(H,8,10)(H,11,12). The smallest absolute Gasteiger partial charge is 0.313 e. The topological polar surface area (TPSA) is 109 Å². The zero-order valence-corrected chi connectivity index (χ0v) is 10.9. The van der Waals surface area contributed by atoms with Gasteiger partial charge in [-0.1, -0.05) is 29.2 Å². The summed E-state index contributed by atoms with van der Waals surface area (Å²) in [6, 6.07) is 0. The first kappa shape index (κ1) is 13.9. The highest BCUT2D eigenvalue weighted by molar-refractivity contribution is 8.01. The Labute approximate surface area is 106 Å². The van der Waals surface area contributed by atoms with E-state index in [2.05, 4.69) is 21.5 Å². The van der Waals surface area contributed by atoms with E-state index in [1.54, 1.807) is 0 Å². The Morgan fingerprint density at radius 2 is 2.29 bits per heavy atom. The van der Waals surface area contributed by atoms with E-state index in [0.29, 0.717) is 4.34 Å². The summed E-state index contributed by atoms with van der Waals surface area (Å²) in [5.74, 6) is -1.34. The van der Waals surface area contributed by atoms with Crippen molar-refractivity contribution >= 4 is 44.2 Å². The lowest BCUT2D eigenvalue weighted by Gasteiger charge is -1.99. The van der Waals surface area contributed by atoms with Crippen molar-refractivity contribution in [2.75, 3.05) is 16.2 Å². The van der Waals surface area contributed by atoms with Crippen LogP contribution in [0, 0.1) is 0 Å². The van der Waals surface area contributed by atoms with Gasteiger partial charge in [-0.25, -0.2) is 8.42 Å². The summed E-state index contributed by atoms with van der Waals surface area (Å²) in [6.45, 7) is 3.32. The molecule has 1 rings (SSSR count). The van der Waals surface area contributed by atoms with Crippen LogP contribution in [0.4, 0.5) is 5.13 Å². The average molecular weight is 295 g/mol. The Kier molecular flexibility index (Phi) is 4.90. The number of aromatic nitrogens is 2. The zero-order valence-electron chi connectivity index (χ0n) is 8.49. The summed E-state index contributed by atoms with van der Waals surface area (Å²) in [5.41, 5.74) is 0. The summed E-state index contributed by atoms with van der Waals surface area (Å²) < 4.78 is 25.3. The monoisotopic (exact) mass is 295 g/mol. The first-order valence-electron chi connectivity index (χ1n) is 4.22. The highest BCUT2D eigenvalue weighted by Crippen LogP contribution is 2.25. The maximum atomic E-state index is 11.3. The second kappa shape index (κ2) is 5.98. The normalized spacial score (nSPS) is 11.1. The van der Waals surface area contributed by atoms with Gasteiger partial charge in [-0.3, -0.25) is 9.52 Å². The van der Waals surface area contributed by atoms with Gasteiger partial charge in [-0.2, -0.15) is 0 Å². The van der Waals surface area contributed by atoms with Crippen molar-refractivity contribution in [3.63, 3.8) is 0 Å². The number of carbonyl (C=O) groups is 1. The van der Waals surface area contributed by atoms with Gasteiger partial charge in [-0.15, -0.1) is 16.8 Å². The van der Waals surface area contributed by atoms with E-state index in [0.717, 1.165) is 23.1 Å². The molecule has 1 aromatic rings. The van der Waals surface area contributed by atoms with Crippen molar-refractivity contribution in [3.8, 4) is 0 Å². The third-order valence-corrected chi connectivity index (χ3v) is 4.57. The van der Waals surface area contributed by atoms with Gasteiger partial charge in [0.2, 0.25) is 15.2 Å². The van der Waals surface area contributed by atoms with Gasteiger partial charge in [-0.05, 0) is 0 Å². The number of rotatable bonds is 7. The van der Waals surface area contributed by atoms with Gasteiger partial charge < -0.3 is 5.11 Å². The maximum Gasteiger partial charge on any atom is 0.313 e. The molecule has 0 atom stereocenters. The van der Waals surface area contributed by atoms with Crippen LogP contribution in [-0.2, 0) is 14.8 Å². The Hall–Kier alpha value is -1.13. The largest absolute Gasteiger partial charge is 0.481 e. The van der Waals surface area contributed by atoms with E-state index in [1.165, 1.54) is 6.08 Å². The number of hydrogen-bond donors (Lipinski definition) is 2. The van der Waals surface area contributed by atoms with Gasteiger partial charge in [0.15, 0.2) is 4.34 Å². The molecule has 0 aliphatic carbocycles. The first-order chi connectivity index (χ1) is 7.93. The van der Waals surface area contributed by atoms with E-state index >= 15 is 0 Å². The van der Waals surface area contributed by atoms with Crippen molar-refractivity contribution in [1.29, 1.82) is 0 Å². The third-order valence-electron chi connectivity index (χ3n) is 1.31. The van der Waals surface area contributed by atoms with Crippen LogP contribution >= 0.6 is 23.1 Å². The average Bonchev–Trinajstić information content (AvgIpc) is 2.61. The van der Waals surface area contributed by atoms with Crippen LogP contribution in [0.5, 0.6) is 0 Å². The number of thioether (sulfide) groups is 1. The highest BCUT2D eigenvalue weighted by Gasteiger charge is 2.12. The third kappa shape index (κ3) is 5.15. The van der Waals surface area contributed by atoms with Crippen LogP contribution in [-0.4, -0.2) is 41.2 Å². The minimum Gasteiger partial charge on any atom is -0.481 e. The highest BCUT2D eigenvalue weighted by atomic mass is 32.2. The summed E-state index contributed by atoms with van der Waals surface area (Å²) in [4.78, 5) is 10.3. The molecule has 0 amide bonds. The number of nitrogens with one attached hydrogen (secondary N) is 1. The van der Waals surface area contributed by atoms with Crippen molar-refractivity contribution in [3.05, 3.63) is 12.7 Å². The van der Waals surface area contributed by atoms with Gasteiger partial charge in [0.1, 0.15) is 0 Å². The Morgan fingerprint density at radius 1 is 1.59 bits per heavy atom. The number of carboxylic acids is 1. The molecule has 1 aromatic heterocycles. The van der Waals surface area contributed by atoms with E-state index in [9.17, 15) is 13.2 Å². The quantitative estimate of drug-likeness (QED) is 0.561. The lowest BCUT2D eigenvalue weighted by molar-refractivity contribution is -0.133. The van der Waals surface area contributed by atoms with Crippen molar-refractivity contribution in [1.82, 2.24) is 10.2 Å². The molecule has 0 spiro atoms. The maximum absolute atomic E-state index is 11.3. The van der Waals surface area contributed by atoms with Crippen LogP contribution in [0.2, 0.25) is 0 Å². The van der Waals surface area contributed by atoms with E-state index in [1.807, 2.05) is 0 Å². The number of carboxylic acid groups (broad SMARTS) is 1. The van der Waals surface area contributed by atoms with Gasteiger partial charge in [0.05, 0.1) is 11.5 Å².